The second kappa shape index (κ2) is 5.46. The lowest BCUT2D eigenvalue weighted by atomic mass is 10.2. The van der Waals surface area contributed by atoms with Gasteiger partial charge in [-0.2, -0.15) is 0 Å². The Hall–Kier alpha value is -1.62. The Morgan fingerprint density at radius 1 is 1.06 bits per heavy atom. The fourth-order valence-electron chi connectivity index (χ4n) is 1.45. The molecular weight excluding hydrogens is 208 g/mol. The predicted molar refractivity (Wildman–Crippen MR) is 63.6 cm³/mol. The molecule has 0 saturated carbocycles. The van der Waals surface area contributed by atoms with Gasteiger partial charge in [-0.05, 0) is 0 Å². The molecule has 2 N–H and O–H groups in total. The summed E-state index contributed by atoms with van der Waals surface area (Å²) in [6.45, 7) is 0.374. The highest BCUT2D eigenvalue weighted by molar-refractivity contribution is 5.69. The van der Waals surface area contributed by atoms with E-state index in [1.165, 1.54) is 0 Å². The standard InChI is InChI=1S/C11H18N2O3/c1-13(7-12)11-9(15-3)5-8(14-2)6-10(11)16-4/h5-6H,7,12H2,1-4H3. The molecule has 0 amide bonds. The first-order valence-corrected chi connectivity index (χ1v) is 4.89. The first kappa shape index (κ1) is 12.4. The van der Waals surface area contributed by atoms with Crippen LogP contribution in [0.4, 0.5) is 5.69 Å². The third-order valence-corrected chi connectivity index (χ3v) is 2.34. The van der Waals surface area contributed by atoms with Crippen molar-refractivity contribution in [1.82, 2.24) is 0 Å². The van der Waals surface area contributed by atoms with E-state index in [1.807, 2.05) is 11.9 Å². The summed E-state index contributed by atoms with van der Waals surface area (Å²) in [5, 5.41) is 0. The average molecular weight is 226 g/mol. The fourth-order valence-corrected chi connectivity index (χ4v) is 1.45. The van der Waals surface area contributed by atoms with Crippen molar-refractivity contribution >= 4 is 5.69 Å². The first-order chi connectivity index (χ1) is 7.67. The zero-order valence-corrected chi connectivity index (χ0v) is 10.1. The molecule has 1 aromatic rings. The molecule has 1 rings (SSSR count). The van der Waals surface area contributed by atoms with E-state index in [1.54, 1.807) is 33.5 Å². The number of nitrogens with two attached hydrogens (primary N) is 1. The van der Waals surface area contributed by atoms with Crippen molar-refractivity contribution in [3.05, 3.63) is 12.1 Å². The maximum absolute atomic E-state index is 5.61. The monoisotopic (exact) mass is 226 g/mol. The Balaban J connectivity index is 3.31. The molecule has 1 aromatic carbocycles. The molecule has 0 aliphatic heterocycles. The molecule has 0 fully saturated rings. The minimum Gasteiger partial charge on any atom is -0.496 e. The maximum Gasteiger partial charge on any atom is 0.149 e. The summed E-state index contributed by atoms with van der Waals surface area (Å²) in [5.74, 6) is 2.02. The van der Waals surface area contributed by atoms with Crippen molar-refractivity contribution < 1.29 is 14.2 Å². The highest BCUT2D eigenvalue weighted by Gasteiger charge is 2.15. The molecule has 16 heavy (non-hydrogen) atoms. The van der Waals surface area contributed by atoms with E-state index >= 15 is 0 Å². The predicted octanol–water partition coefficient (Wildman–Crippen LogP) is 1.06. The zero-order valence-electron chi connectivity index (χ0n) is 10.1. The van der Waals surface area contributed by atoms with E-state index < -0.39 is 0 Å². The van der Waals surface area contributed by atoms with Crippen LogP contribution in [0.3, 0.4) is 0 Å². The maximum atomic E-state index is 5.61. The van der Waals surface area contributed by atoms with E-state index in [2.05, 4.69) is 0 Å². The van der Waals surface area contributed by atoms with E-state index in [0.29, 0.717) is 23.9 Å². The summed E-state index contributed by atoms with van der Waals surface area (Å²) in [6, 6.07) is 3.59. The molecular formula is C11H18N2O3. The van der Waals surface area contributed by atoms with Gasteiger partial charge in [-0.1, -0.05) is 0 Å². The lowest BCUT2D eigenvalue weighted by Gasteiger charge is -2.22. The third kappa shape index (κ3) is 2.30. The molecule has 0 bridgehead atoms. The minimum atomic E-state index is 0.374. The van der Waals surface area contributed by atoms with Crippen molar-refractivity contribution in [2.45, 2.75) is 0 Å². The van der Waals surface area contributed by atoms with Crippen molar-refractivity contribution in [3.8, 4) is 17.2 Å². The largest absolute Gasteiger partial charge is 0.496 e. The van der Waals surface area contributed by atoms with Gasteiger partial charge in [0.15, 0.2) is 0 Å². The Labute approximate surface area is 95.7 Å². The number of hydrogen-bond acceptors (Lipinski definition) is 5. The second-order valence-corrected chi connectivity index (χ2v) is 3.26. The molecule has 0 aromatic heterocycles. The van der Waals surface area contributed by atoms with E-state index in [-0.39, 0.29) is 0 Å². The smallest absolute Gasteiger partial charge is 0.149 e. The quantitative estimate of drug-likeness (QED) is 0.761. The van der Waals surface area contributed by atoms with Crippen LogP contribution < -0.4 is 24.8 Å². The van der Waals surface area contributed by atoms with Crippen molar-refractivity contribution in [1.29, 1.82) is 0 Å². The molecule has 0 unspecified atom stereocenters. The van der Waals surface area contributed by atoms with Gasteiger partial charge in [-0.15, -0.1) is 0 Å². The summed E-state index contributed by atoms with van der Waals surface area (Å²) in [6.07, 6.45) is 0. The Bertz CT molecular complexity index is 330. The highest BCUT2D eigenvalue weighted by Crippen LogP contribution is 2.40. The summed E-state index contributed by atoms with van der Waals surface area (Å²) >= 11 is 0. The normalized spacial score (nSPS) is 9.81. The number of hydrogen-bond donors (Lipinski definition) is 1. The van der Waals surface area contributed by atoms with E-state index in [9.17, 15) is 0 Å². The lowest BCUT2D eigenvalue weighted by Crippen LogP contribution is -2.26. The van der Waals surface area contributed by atoms with Crippen LogP contribution in [0.2, 0.25) is 0 Å². The van der Waals surface area contributed by atoms with Crippen molar-refractivity contribution in [3.63, 3.8) is 0 Å². The molecule has 5 nitrogen and oxygen atoms in total. The summed E-state index contributed by atoms with van der Waals surface area (Å²) in [5.41, 5.74) is 6.42. The van der Waals surface area contributed by atoms with Gasteiger partial charge in [0, 0.05) is 19.2 Å². The molecule has 0 spiro atoms. The summed E-state index contributed by atoms with van der Waals surface area (Å²) in [4.78, 5) is 1.84. The Kier molecular flexibility index (Phi) is 4.25. The zero-order chi connectivity index (χ0) is 12.1. The number of ether oxygens (including phenoxy) is 3. The van der Waals surface area contributed by atoms with Crippen molar-refractivity contribution in [2.75, 3.05) is 39.9 Å². The van der Waals surface area contributed by atoms with Gasteiger partial charge in [-0.25, -0.2) is 0 Å². The van der Waals surface area contributed by atoms with Crippen LogP contribution >= 0.6 is 0 Å². The molecule has 0 atom stereocenters. The Morgan fingerprint density at radius 3 is 1.88 bits per heavy atom. The molecule has 0 heterocycles. The number of benzene rings is 1. The van der Waals surface area contributed by atoms with Gasteiger partial charge in [0.1, 0.15) is 22.9 Å². The van der Waals surface area contributed by atoms with Gasteiger partial charge in [0.05, 0.1) is 28.0 Å². The number of methoxy groups -OCH3 is 3. The molecule has 90 valence electrons. The van der Waals surface area contributed by atoms with Gasteiger partial charge in [0.2, 0.25) is 0 Å². The first-order valence-electron chi connectivity index (χ1n) is 4.89. The molecule has 0 saturated heterocycles. The van der Waals surface area contributed by atoms with Gasteiger partial charge >= 0.3 is 0 Å². The average Bonchev–Trinajstić information content (AvgIpc) is 2.35. The topological polar surface area (TPSA) is 57.0 Å². The third-order valence-electron chi connectivity index (χ3n) is 2.34. The lowest BCUT2D eigenvalue weighted by molar-refractivity contribution is 0.376. The van der Waals surface area contributed by atoms with Crippen LogP contribution in [0.15, 0.2) is 12.1 Å². The van der Waals surface area contributed by atoms with Crippen LogP contribution in [0, 0.1) is 0 Å². The van der Waals surface area contributed by atoms with Gasteiger partial charge in [-0.3, -0.25) is 0 Å². The van der Waals surface area contributed by atoms with Crippen LogP contribution in [-0.4, -0.2) is 35.0 Å². The van der Waals surface area contributed by atoms with Gasteiger partial charge < -0.3 is 24.8 Å². The highest BCUT2D eigenvalue weighted by atomic mass is 16.5. The van der Waals surface area contributed by atoms with Crippen molar-refractivity contribution in [2.24, 2.45) is 5.73 Å². The number of anilines is 1. The van der Waals surface area contributed by atoms with E-state index in [0.717, 1.165) is 5.69 Å². The van der Waals surface area contributed by atoms with Crippen LogP contribution in [0.5, 0.6) is 17.2 Å². The SMILES string of the molecule is COc1cc(OC)c(N(C)CN)c(OC)c1. The second-order valence-electron chi connectivity index (χ2n) is 3.26. The molecule has 0 aliphatic rings. The molecule has 0 aliphatic carbocycles. The fraction of sp³-hybridized carbons (Fsp3) is 0.455. The van der Waals surface area contributed by atoms with Crippen LogP contribution in [0.1, 0.15) is 0 Å². The molecule has 5 heteroatoms. The minimum absolute atomic E-state index is 0.374. The van der Waals surface area contributed by atoms with Crippen LogP contribution in [-0.2, 0) is 0 Å². The summed E-state index contributed by atoms with van der Waals surface area (Å²) in [7, 11) is 6.66. The number of rotatable bonds is 5. The summed E-state index contributed by atoms with van der Waals surface area (Å²) < 4.78 is 15.7. The number of nitrogens with zero attached hydrogens (tertiary/aromatic N) is 1. The van der Waals surface area contributed by atoms with Gasteiger partial charge in [0.25, 0.3) is 0 Å². The van der Waals surface area contributed by atoms with E-state index in [4.69, 9.17) is 19.9 Å². The molecule has 0 radical (unpaired) electrons. The van der Waals surface area contributed by atoms with Crippen LogP contribution in [0.25, 0.3) is 0 Å². The Morgan fingerprint density at radius 2 is 1.56 bits per heavy atom.